The zero-order chi connectivity index (χ0) is 19.4. The molecule has 0 radical (unpaired) electrons. The van der Waals surface area contributed by atoms with Crippen LogP contribution in [0.15, 0.2) is 42.5 Å². The average Bonchev–Trinajstić information content (AvgIpc) is 2.68. The summed E-state index contributed by atoms with van der Waals surface area (Å²) in [5.41, 5.74) is 0.682. The quantitative estimate of drug-likeness (QED) is 0.843. The number of hydrogen-bond acceptors (Lipinski definition) is 4. The predicted molar refractivity (Wildman–Crippen MR) is 103 cm³/mol. The van der Waals surface area contributed by atoms with Crippen molar-refractivity contribution in [3.05, 3.63) is 58.6 Å². The van der Waals surface area contributed by atoms with E-state index in [0.29, 0.717) is 42.3 Å². The first-order valence-electron chi connectivity index (χ1n) is 8.71. The molecule has 0 saturated carbocycles. The van der Waals surface area contributed by atoms with Crippen LogP contribution in [0.3, 0.4) is 0 Å². The van der Waals surface area contributed by atoms with E-state index in [-0.39, 0.29) is 29.2 Å². The Morgan fingerprint density at radius 3 is 2.52 bits per heavy atom. The number of aromatic hydroxyl groups is 1. The van der Waals surface area contributed by atoms with Gasteiger partial charge in [0, 0.05) is 24.2 Å². The molecule has 7 heteroatoms. The summed E-state index contributed by atoms with van der Waals surface area (Å²) in [7, 11) is 1.51. The lowest BCUT2D eigenvalue weighted by atomic mass is 10.0. The summed E-state index contributed by atoms with van der Waals surface area (Å²) in [6.07, 6.45) is 1.27. The van der Waals surface area contributed by atoms with Gasteiger partial charge in [-0.1, -0.05) is 23.7 Å². The molecule has 3 rings (SSSR count). The molecule has 142 valence electrons. The van der Waals surface area contributed by atoms with Gasteiger partial charge in [-0.25, -0.2) is 0 Å². The number of methoxy groups -OCH3 is 1. The first-order valence-corrected chi connectivity index (χ1v) is 9.09. The Morgan fingerprint density at radius 1 is 1.15 bits per heavy atom. The molecule has 1 fully saturated rings. The number of nitrogens with zero attached hydrogens (tertiary/aromatic N) is 1. The monoisotopic (exact) mass is 388 g/mol. The van der Waals surface area contributed by atoms with Crippen molar-refractivity contribution in [2.45, 2.75) is 18.9 Å². The van der Waals surface area contributed by atoms with Crippen molar-refractivity contribution in [3.8, 4) is 11.5 Å². The maximum atomic E-state index is 12.8. The minimum absolute atomic E-state index is 0.0457. The molecule has 0 unspecified atom stereocenters. The molecule has 27 heavy (non-hydrogen) atoms. The third kappa shape index (κ3) is 4.34. The van der Waals surface area contributed by atoms with E-state index in [9.17, 15) is 14.7 Å². The van der Waals surface area contributed by atoms with Crippen LogP contribution in [0.2, 0.25) is 5.02 Å². The maximum absolute atomic E-state index is 12.8. The summed E-state index contributed by atoms with van der Waals surface area (Å²) in [4.78, 5) is 26.8. The number of amides is 2. The standard InChI is InChI=1S/C20H21ClN2O4/c1-27-18-7-6-13(21)12-16(18)20(26)23-10-8-14(9-11-23)22-19(25)15-4-2-3-5-17(15)24/h2-7,12,14,24H,8-11H2,1H3,(H,22,25). The lowest BCUT2D eigenvalue weighted by Crippen LogP contribution is -2.46. The molecule has 2 aromatic rings. The second-order valence-electron chi connectivity index (χ2n) is 6.40. The van der Waals surface area contributed by atoms with E-state index in [2.05, 4.69) is 5.32 Å². The molecule has 0 spiro atoms. The van der Waals surface area contributed by atoms with Crippen LogP contribution in [-0.2, 0) is 0 Å². The molecule has 6 nitrogen and oxygen atoms in total. The number of benzene rings is 2. The third-order valence-corrected chi connectivity index (χ3v) is 4.89. The number of carbonyl (C=O) groups is 2. The molecule has 1 aliphatic rings. The molecule has 1 saturated heterocycles. The van der Waals surface area contributed by atoms with Gasteiger partial charge in [0.2, 0.25) is 0 Å². The maximum Gasteiger partial charge on any atom is 0.257 e. The van der Waals surface area contributed by atoms with Gasteiger partial charge in [0.1, 0.15) is 11.5 Å². The number of halogens is 1. The summed E-state index contributed by atoms with van der Waals surface area (Å²) in [6.45, 7) is 1.03. The van der Waals surface area contributed by atoms with E-state index in [1.807, 2.05) is 0 Å². The van der Waals surface area contributed by atoms with Crippen LogP contribution in [0.5, 0.6) is 11.5 Å². The Morgan fingerprint density at radius 2 is 1.85 bits per heavy atom. The lowest BCUT2D eigenvalue weighted by molar-refractivity contribution is 0.0695. The van der Waals surface area contributed by atoms with Gasteiger partial charge in [-0.2, -0.15) is 0 Å². The number of ether oxygens (including phenoxy) is 1. The number of piperidine rings is 1. The van der Waals surface area contributed by atoms with Crippen LogP contribution < -0.4 is 10.1 Å². The molecule has 2 N–H and O–H groups in total. The molecule has 2 amide bonds. The smallest absolute Gasteiger partial charge is 0.257 e. The zero-order valence-corrected chi connectivity index (χ0v) is 15.7. The molecule has 1 heterocycles. The summed E-state index contributed by atoms with van der Waals surface area (Å²) in [5.74, 6) is -0.00994. The Hall–Kier alpha value is -2.73. The second kappa shape index (κ2) is 8.31. The number of carbonyl (C=O) groups excluding carboxylic acids is 2. The Bertz CT molecular complexity index is 848. The van der Waals surface area contributed by atoms with Crippen molar-refractivity contribution >= 4 is 23.4 Å². The molecule has 2 aromatic carbocycles. The molecular weight excluding hydrogens is 368 g/mol. The highest BCUT2D eigenvalue weighted by molar-refractivity contribution is 6.31. The van der Waals surface area contributed by atoms with Gasteiger partial charge in [-0.3, -0.25) is 9.59 Å². The van der Waals surface area contributed by atoms with Gasteiger partial charge in [0.25, 0.3) is 11.8 Å². The van der Waals surface area contributed by atoms with Gasteiger partial charge in [0.05, 0.1) is 18.2 Å². The Kier molecular flexibility index (Phi) is 5.86. The highest BCUT2D eigenvalue weighted by Crippen LogP contribution is 2.25. The van der Waals surface area contributed by atoms with E-state index in [1.54, 1.807) is 41.3 Å². The number of likely N-dealkylation sites (tertiary alicyclic amines) is 1. The number of phenolic OH excluding ortho intramolecular Hbond substituents is 1. The van der Waals surface area contributed by atoms with Crippen molar-refractivity contribution in [1.82, 2.24) is 10.2 Å². The third-order valence-electron chi connectivity index (χ3n) is 4.66. The first-order chi connectivity index (χ1) is 13.0. The van der Waals surface area contributed by atoms with Gasteiger partial charge in [-0.05, 0) is 43.2 Å². The fourth-order valence-corrected chi connectivity index (χ4v) is 3.35. The van der Waals surface area contributed by atoms with Crippen LogP contribution in [0.4, 0.5) is 0 Å². The predicted octanol–water partition coefficient (Wildman–Crippen LogP) is 3.09. The van der Waals surface area contributed by atoms with Crippen molar-refractivity contribution in [2.75, 3.05) is 20.2 Å². The van der Waals surface area contributed by atoms with Crippen LogP contribution in [-0.4, -0.2) is 48.1 Å². The van der Waals surface area contributed by atoms with Gasteiger partial charge < -0.3 is 20.1 Å². The number of phenols is 1. The van der Waals surface area contributed by atoms with Crippen LogP contribution in [0.25, 0.3) is 0 Å². The Balaban J connectivity index is 1.61. The summed E-state index contributed by atoms with van der Waals surface area (Å²) < 4.78 is 5.26. The number of nitrogens with one attached hydrogen (secondary N) is 1. The van der Waals surface area contributed by atoms with Crippen molar-refractivity contribution in [2.24, 2.45) is 0 Å². The van der Waals surface area contributed by atoms with E-state index < -0.39 is 0 Å². The van der Waals surface area contributed by atoms with Crippen LogP contribution in [0, 0.1) is 0 Å². The molecule has 0 aromatic heterocycles. The number of para-hydroxylation sites is 1. The van der Waals surface area contributed by atoms with E-state index >= 15 is 0 Å². The van der Waals surface area contributed by atoms with Crippen LogP contribution >= 0.6 is 11.6 Å². The topological polar surface area (TPSA) is 78.9 Å². The summed E-state index contributed by atoms with van der Waals surface area (Å²) in [6, 6.07) is 11.3. The van der Waals surface area contributed by atoms with Crippen LogP contribution in [0.1, 0.15) is 33.6 Å². The van der Waals surface area contributed by atoms with Crippen molar-refractivity contribution < 1.29 is 19.4 Å². The lowest BCUT2D eigenvalue weighted by Gasteiger charge is -2.32. The summed E-state index contributed by atoms with van der Waals surface area (Å²) in [5, 5.41) is 13.2. The van der Waals surface area contributed by atoms with Gasteiger partial charge in [0.15, 0.2) is 0 Å². The number of rotatable bonds is 4. The van der Waals surface area contributed by atoms with E-state index in [0.717, 1.165) is 0 Å². The minimum Gasteiger partial charge on any atom is -0.507 e. The molecule has 1 aliphatic heterocycles. The molecular formula is C20H21ClN2O4. The first kappa shape index (κ1) is 19.0. The number of hydrogen-bond donors (Lipinski definition) is 2. The fourth-order valence-electron chi connectivity index (χ4n) is 3.17. The highest BCUT2D eigenvalue weighted by atomic mass is 35.5. The largest absolute Gasteiger partial charge is 0.507 e. The normalized spacial score (nSPS) is 14.7. The van der Waals surface area contributed by atoms with Gasteiger partial charge in [-0.15, -0.1) is 0 Å². The fraction of sp³-hybridized carbons (Fsp3) is 0.300. The minimum atomic E-state index is -0.311. The Labute approximate surface area is 162 Å². The van der Waals surface area contributed by atoms with Crippen molar-refractivity contribution in [1.29, 1.82) is 0 Å². The zero-order valence-electron chi connectivity index (χ0n) is 14.9. The SMILES string of the molecule is COc1ccc(Cl)cc1C(=O)N1CCC(NC(=O)c2ccccc2O)CC1. The van der Waals surface area contributed by atoms with Crippen molar-refractivity contribution in [3.63, 3.8) is 0 Å². The van der Waals surface area contributed by atoms with E-state index in [1.165, 1.54) is 13.2 Å². The summed E-state index contributed by atoms with van der Waals surface area (Å²) >= 11 is 6.01. The van der Waals surface area contributed by atoms with E-state index in [4.69, 9.17) is 16.3 Å². The molecule has 0 aliphatic carbocycles. The van der Waals surface area contributed by atoms with Gasteiger partial charge >= 0.3 is 0 Å². The second-order valence-corrected chi connectivity index (χ2v) is 6.84. The molecule has 0 bridgehead atoms. The molecule has 0 atom stereocenters. The highest BCUT2D eigenvalue weighted by Gasteiger charge is 2.27. The average molecular weight is 389 g/mol.